The third kappa shape index (κ3) is 2.68. The minimum atomic E-state index is -0.607. The molecule has 0 aliphatic heterocycles. The summed E-state index contributed by atoms with van der Waals surface area (Å²) in [6, 6.07) is 4.38. The number of nitro benzene ring substituents is 2. The molecule has 0 fully saturated rings. The van der Waals surface area contributed by atoms with Gasteiger partial charge in [0, 0.05) is 24.3 Å². The summed E-state index contributed by atoms with van der Waals surface area (Å²) in [6.45, 7) is 0. The Morgan fingerprint density at radius 2 is 1.08 bits per heavy atom. The van der Waals surface area contributed by atoms with Crippen LogP contribution < -0.4 is 0 Å². The van der Waals surface area contributed by atoms with Gasteiger partial charge >= 0.3 is 0 Å². The average molecular weight is 205 g/mol. The molecule has 0 spiro atoms. The van der Waals surface area contributed by atoms with Crippen LogP contribution in [0, 0.1) is 20.2 Å². The van der Waals surface area contributed by atoms with Crippen LogP contribution in [-0.4, -0.2) is 9.85 Å². The molecule has 0 saturated carbocycles. The van der Waals surface area contributed by atoms with Gasteiger partial charge in [0.05, 0.1) is 9.85 Å². The number of nitrogens with zero attached hydrogens (tertiary/aromatic N) is 2. The van der Waals surface area contributed by atoms with E-state index in [1.54, 1.807) is 0 Å². The van der Waals surface area contributed by atoms with Gasteiger partial charge in [0.2, 0.25) is 0 Å². The largest absolute Gasteiger partial charge is 0.269 e. The van der Waals surface area contributed by atoms with Crippen LogP contribution in [0.4, 0.5) is 11.4 Å². The Labute approximate surface area is 78.9 Å². The van der Waals surface area contributed by atoms with Crippen molar-refractivity contribution in [3.63, 3.8) is 0 Å². The molecular formula is C6H5ClN2O4. The average Bonchev–Trinajstić information content (AvgIpc) is 2.04. The zero-order chi connectivity index (χ0) is 9.14. The first kappa shape index (κ1) is 11.3. The summed E-state index contributed by atoms with van der Waals surface area (Å²) in [5.41, 5.74) is -0.304. The minimum Gasteiger partial charge on any atom is -0.258 e. The molecule has 6 nitrogen and oxygen atoms in total. The van der Waals surface area contributed by atoms with Gasteiger partial charge in [-0.3, -0.25) is 20.2 Å². The van der Waals surface area contributed by atoms with E-state index in [0.717, 1.165) is 24.3 Å². The van der Waals surface area contributed by atoms with Gasteiger partial charge in [0.15, 0.2) is 0 Å². The lowest BCUT2D eigenvalue weighted by Crippen LogP contribution is -1.90. The first-order chi connectivity index (χ1) is 5.61. The summed E-state index contributed by atoms with van der Waals surface area (Å²) in [7, 11) is 0. The summed E-state index contributed by atoms with van der Waals surface area (Å²) < 4.78 is 0. The molecule has 7 heteroatoms. The first-order valence-corrected chi connectivity index (χ1v) is 3.00. The minimum absolute atomic E-state index is 0. The van der Waals surface area contributed by atoms with Crippen molar-refractivity contribution in [3.05, 3.63) is 44.5 Å². The maximum absolute atomic E-state index is 10.1. The summed E-state index contributed by atoms with van der Waals surface area (Å²) in [6.07, 6.45) is 0. The van der Waals surface area contributed by atoms with Crippen molar-refractivity contribution in [1.29, 1.82) is 0 Å². The Kier molecular flexibility index (Phi) is 3.80. The molecule has 1 aromatic rings. The highest BCUT2D eigenvalue weighted by Crippen LogP contribution is 2.16. The first-order valence-electron chi connectivity index (χ1n) is 3.00. The Bertz CT molecular complexity index is 291. The second-order valence-corrected chi connectivity index (χ2v) is 2.03. The predicted molar refractivity (Wildman–Crippen MR) is 47.0 cm³/mol. The Balaban J connectivity index is 0.00000144. The van der Waals surface area contributed by atoms with Gasteiger partial charge < -0.3 is 0 Å². The number of halogens is 1. The van der Waals surface area contributed by atoms with E-state index < -0.39 is 9.85 Å². The van der Waals surface area contributed by atoms with Crippen LogP contribution in [-0.2, 0) is 0 Å². The molecule has 0 N–H and O–H groups in total. The summed E-state index contributed by atoms with van der Waals surface area (Å²) in [5.74, 6) is 0. The zero-order valence-electron chi connectivity index (χ0n) is 6.25. The lowest BCUT2D eigenvalue weighted by atomic mass is 10.3. The second-order valence-electron chi connectivity index (χ2n) is 2.03. The maximum Gasteiger partial charge on any atom is 0.269 e. The smallest absolute Gasteiger partial charge is 0.258 e. The third-order valence-electron chi connectivity index (χ3n) is 1.27. The van der Waals surface area contributed by atoms with Crippen molar-refractivity contribution >= 4 is 23.8 Å². The van der Waals surface area contributed by atoms with Gasteiger partial charge in [0.1, 0.15) is 0 Å². The summed E-state index contributed by atoms with van der Waals surface area (Å²) >= 11 is 0. The van der Waals surface area contributed by atoms with E-state index in [9.17, 15) is 20.2 Å². The molecule has 0 bridgehead atoms. The highest BCUT2D eigenvalue weighted by molar-refractivity contribution is 5.85. The fourth-order valence-electron chi connectivity index (χ4n) is 0.696. The number of non-ortho nitro benzene ring substituents is 2. The van der Waals surface area contributed by atoms with E-state index in [2.05, 4.69) is 0 Å². The van der Waals surface area contributed by atoms with Crippen LogP contribution in [0.15, 0.2) is 24.3 Å². The molecule has 0 aromatic heterocycles. The highest BCUT2D eigenvalue weighted by Gasteiger charge is 2.08. The number of nitro groups is 2. The van der Waals surface area contributed by atoms with Crippen LogP contribution in [0.1, 0.15) is 0 Å². The molecule has 0 radical (unpaired) electrons. The molecule has 0 amide bonds. The third-order valence-corrected chi connectivity index (χ3v) is 1.27. The zero-order valence-corrected chi connectivity index (χ0v) is 7.06. The van der Waals surface area contributed by atoms with Gasteiger partial charge in [-0.25, -0.2) is 0 Å². The molecule has 0 unspecified atom stereocenters. The fraction of sp³-hybridized carbons (Fsp3) is 0. The van der Waals surface area contributed by atoms with E-state index >= 15 is 0 Å². The van der Waals surface area contributed by atoms with Crippen molar-refractivity contribution in [2.24, 2.45) is 0 Å². The molecule has 0 heterocycles. The Morgan fingerprint density at radius 3 is 1.23 bits per heavy atom. The Morgan fingerprint density at radius 1 is 0.846 bits per heavy atom. The summed E-state index contributed by atoms with van der Waals surface area (Å²) in [5, 5.41) is 20.2. The van der Waals surface area contributed by atoms with Crippen LogP contribution >= 0.6 is 12.4 Å². The highest BCUT2D eigenvalue weighted by atomic mass is 35.5. The van der Waals surface area contributed by atoms with Crippen LogP contribution in [0.2, 0.25) is 0 Å². The van der Waals surface area contributed by atoms with E-state index in [-0.39, 0.29) is 23.8 Å². The van der Waals surface area contributed by atoms with Crippen molar-refractivity contribution < 1.29 is 9.85 Å². The fourth-order valence-corrected chi connectivity index (χ4v) is 0.696. The predicted octanol–water partition coefficient (Wildman–Crippen LogP) is 1.92. The lowest BCUT2D eigenvalue weighted by Gasteiger charge is -1.90. The van der Waals surface area contributed by atoms with Crippen LogP contribution in [0.5, 0.6) is 0 Å². The van der Waals surface area contributed by atoms with E-state index in [1.807, 2.05) is 0 Å². The van der Waals surface area contributed by atoms with Crippen molar-refractivity contribution in [2.75, 3.05) is 0 Å². The molecule has 0 aliphatic rings. The molecule has 1 rings (SSSR count). The monoisotopic (exact) mass is 204 g/mol. The molecule has 0 aliphatic carbocycles. The SMILES string of the molecule is Cl.O=[N+]([O-])c1ccc([N+](=O)[O-])cc1. The van der Waals surface area contributed by atoms with Crippen LogP contribution in [0.25, 0.3) is 0 Å². The van der Waals surface area contributed by atoms with E-state index in [4.69, 9.17) is 0 Å². The Hall–Kier alpha value is -1.69. The van der Waals surface area contributed by atoms with E-state index in [1.165, 1.54) is 0 Å². The van der Waals surface area contributed by atoms with Crippen molar-refractivity contribution in [2.45, 2.75) is 0 Å². The molecule has 70 valence electrons. The molecule has 0 atom stereocenters. The van der Waals surface area contributed by atoms with Gasteiger partial charge in [-0.1, -0.05) is 0 Å². The number of hydrogen-bond acceptors (Lipinski definition) is 4. The standard InChI is InChI=1S/C6H4N2O4.ClH/c9-7(10)5-1-2-6(4-3-5)8(11)12;/h1-4H;1H. The second kappa shape index (κ2) is 4.36. The summed E-state index contributed by atoms with van der Waals surface area (Å²) in [4.78, 5) is 19.0. The topological polar surface area (TPSA) is 86.3 Å². The van der Waals surface area contributed by atoms with Crippen molar-refractivity contribution in [1.82, 2.24) is 0 Å². The molecular weight excluding hydrogens is 200 g/mol. The molecule has 13 heavy (non-hydrogen) atoms. The quantitative estimate of drug-likeness (QED) is 0.544. The number of benzene rings is 1. The van der Waals surface area contributed by atoms with Gasteiger partial charge in [-0.2, -0.15) is 0 Å². The maximum atomic E-state index is 10.1. The number of rotatable bonds is 2. The molecule has 1 aromatic carbocycles. The molecule has 0 saturated heterocycles. The lowest BCUT2D eigenvalue weighted by molar-refractivity contribution is -0.389. The normalized spacial score (nSPS) is 8.62. The van der Waals surface area contributed by atoms with Crippen molar-refractivity contribution in [3.8, 4) is 0 Å². The van der Waals surface area contributed by atoms with Gasteiger partial charge in [-0.05, 0) is 0 Å². The number of hydrogen-bond donors (Lipinski definition) is 0. The van der Waals surface area contributed by atoms with Crippen LogP contribution in [0.3, 0.4) is 0 Å². The van der Waals surface area contributed by atoms with Gasteiger partial charge in [-0.15, -0.1) is 12.4 Å². The van der Waals surface area contributed by atoms with E-state index in [0.29, 0.717) is 0 Å². The van der Waals surface area contributed by atoms with Gasteiger partial charge in [0.25, 0.3) is 11.4 Å².